The lowest BCUT2D eigenvalue weighted by atomic mass is 10.0. The van der Waals surface area contributed by atoms with E-state index < -0.39 is 0 Å². The molecule has 0 unspecified atom stereocenters. The van der Waals surface area contributed by atoms with Crippen molar-refractivity contribution >= 4 is 27.4 Å². The van der Waals surface area contributed by atoms with Gasteiger partial charge < -0.3 is 4.90 Å². The Balaban J connectivity index is 1.77. The summed E-state index contributed by atoms with van der Waals surface area (Å²) in [5.74, 6) is 0. The van der Waals surface area contributed by atoms with Gasteiger partial charge in [0.1, 0.15) is 5.52 Å². The van der Waals surface area contributed by atoms with Gasteiger partial charge in [-0.3, -0.25) is 4.98 Å². The third-order valence-electron chi connectivity index (χ3n) is 5.00. The second-order valence-electron chi connectivity index (χ2n) is 6.54. The molecule has 0 N–H and O–H groups in total. The summed E-state index contributed by atoms with van der Waals surface area (Å²) in [4.78, 5) is 7.12. The van der Waals surface area contributed by atoms with Gasteiger partial charge in [-0.25, -0.2) is 0 Å². The molecule has 0 radical (unpaired) electrons. The second-order valence-corrected chi connectivity index (χ2v) is 6.54. The molecule has 25 heavy (non-hydrogen) atoms. The molecular formula is C21H18N4. The first-order valence-corrected chi connectivity index (χ1v) is 8.75. The molecule has 0 bridgehead atoms. The van der Waals surface area contributed by atoms with E-state index in [1.54, 1.807) is 6.20 Å². The van der Waals surface area contributed by atoms with Gasteiger partial charge in [-0.2, -0.15) is 5.10 Å². The van der Waals surface area contributed by atoms with Gasteiger partial charge in [0.15, 0.2) is 0 Å². The van der Waals surface area contributed by atoms with Crippen molar-refractivity contribution in [2.45, 2.75) is 12.8 Å². The highest BCUT2D eigenvalue weighted by molar-refractivity contribution is 6.11. The van der Waals surface area contributed by atoms with E-state index in [1.807, 2.05) is 30.5 Å². The average molecular weight is 326 g/mol. The Labute approximate surface area is 146 Å². The highest BCUT2D eigenvalue weighted by Gasteiger charge is 2.18. The molecule has 0 spiro atoms. The molecular weight excluding hydrogens is 308 g/mol. The van der Waals surface area contributed by atoms with Crippen molar-refractivity contribution in [1.82, 2.24) is 15.2 Å². The Hall–Kier alpha value is -3.01. The van der Waals surface area contributed by atoms with E-state index >= 15 is 0 Å². The molecule has 4 heteroatoms. The molecule has 0 atom stereocenters. The lowest BCUT2D eigenvalue weighted by molar-refractivity contribution is 0.949. The third kappa shape index (κ3) is 2.41. The van der Waals surface area contributed by atoms with Crippen molar-refractivity contribution in [3.05, 3.63) is 60.9 Å². The molecule has 1 saturated heterocycles. The summed E-state index contributed by atoms with van der Waals surface area (Å²) < 4.78 is 0. The molecule has 1 fully saturated rings. The number of hydrogen-bond donors (Lipinski definition) is 0. The number of pyridine rings is 1. The van der Waals surface area contributed by atoms with Crippen molar-refractivity contribution in [2.24, 2.45) is 0 Å². The van der Waals surface area contributed by atoms with Crippen LogP contribution in [0.1, 0.15) is 12.8 Å². The quantitative estimate of drug-likeness (QED) is 0.511. The number of aromatic nitrogens is 3. The zero-order valence-corrected chi connectivity index (χ0v) is 13.9. The van der Waals surface area contributed by atoms with Crippen molar-refractivity contribution in [3.63, 3.8) is 0 Å². The van der Waals surface area contributed by atoms with Gasteiger partial charge >= 0.3 is 0 Å². The molecule has 2 aromatic carbocycles. The van der Waals surface area contributed by atoms with E-state index in [4.69, 9.17) is 4.98 Å². The minimum absolute atomic E-state index is 0.978. The topological polar surface area (TPSA) is 41.9 Å². The van der Waals surface area contributed by atoms with Crippen LogP contribution in [0.3, 0.4) is 0 Å². The van der Waals surface area contributed by atoms with Crippen molar-refractivity contribution < 1.29 is 0 Å². The van der Waals surface area contributed by atoms with Crippen LogP contribution < -0.4 is 4.90 Å². The highest BCUT2D eigenvalue weighted by Crippen LogP contribution is 2.35. The average Bonchev–Trinajstić information content (AvgIpc) is 3.22. The van der Waals surface area contributed by atoms with Crippen LogP contribution in [0.15, 0.2) is 60.9 Å². The number of nitrogens with zero attached hydrogens (tertiary/aromatic N) is 4. The van der Waals surface area contributed by atoms with Gasteiger partial charge in [0.25, 0.3) is 0 Å². The fourth-order valence-electron chi connectivity index (χ4n) is 3.74. The van der Waals surface area contributed by atoms with E-state index in [-0.39, 0.29) is 0 Å². The van der Waals surface area contributed by atoms with Gasteiger partial charge in [0, 0.05) is 35.6 Å². The molecule has 4 nitrogen and oxygen atoms in total. The Morgan fingerprint density at radius 2 is 1.72 bits per heavy atom. The number of fused-ring (bicyclic) bond motifs is 3. The fourth-order valence-corrected chi connectivity index (χ4v) is 3.74. The SMILES string of the molecule is c1ccc(-c2cc3cc(N4CCCC4)c4nnccc4c3cn2)cc1. The molecule has 4 aromatic rings. The number of hydrogen-bond acceptors (Lipinski definition) is 4. The lowest BCUT2D eigenvalue weighted by Crippen LogP contribution is -2.18. The predicted octanol–water partition coefficient (Wildman–Crippen LogP) is 4.45. The van der Waals surface area contributed by atoms with Crippen LogP contribution >= 0.6 is 0 Å². The van der Waals surface area contributed by atoms with Crippen LogP contribution in [0, 0.1) is 0 Å². The molecule has 0 aliphatic carbocycles. The lowest BCUT2D eigenvalue weighted by Gasteiger charge is -2.20. The standard InChI is InChI=1S/C21H18N4/c1-2-6-15(7-3-1)19-12-16-13-20(25-10-4-5-11-25)21-17(8-9-23-24-21)18(16)14-22-19/h1-3,6-9,12-14H,4-5,10-11H2. The first-order valence-electron chi connectivity index (χ1n) is 8.75. The molecule has 2 aromatic heterocycles. The molecule has 122 valence electrons. The smallest absolute Gasteiger partial charge is 0.117 e. The first kappa shape index (κ1) is 14.3. The second kappa shape index (κ2) is 5.81. The van der Waals surface area contributed by atoms with E-state index in [2.05, 4.69) is 39.4 Å². The summed E-state index contributed by atoms with van der Waals surface area (Å²) in [5.41, 5.74) is 4.31. The normalized spacial score (nSPS) is 14.5. The van der Waals surface area contributed by atoms with E-state index in [1.165, 1.54) is 23.9 Å². The number of rotatable bonds is 2. The van der Waals surface area contributed by atoms with Gasteiger partial charge in [-0.1, -0.05) is 30.3 Å². The summed E-state index contributed by atoms with van der Waals surface area (Å²) >= 11 is 0. The number of benzene rings is 2. The molecule has 0 amide bonds. The fraction of sp³-hybridized carbons (Fsp3) is 0.190. The summed E-state index contributed by atoms with van der Waals surface area (Å²) in [5, 5.41) is 12.0. The Morgan fingerprint density at radius 1 is 0.880 bits per heavy atom. The zero-order chi connectivity index (χ0) is 16.6. The molecule has 0 saturated carbocycles. The maximum Gasteiger partial charge on any atom is 0.117 e. The van der Waals surface area contributed by atoms with Crippen LogP contribution in [0.2, 0.25) is 0 Å². The Kier molecular flexibility index (Phi) is 3.33. The van der Waals surface area contributed by atoms with Crippen LogP contribution in [-0.2, 0) is 0 Å². The zero-order valence-electron chi connectivity index (χ0n) is 13.9. The van der Waals surface area contributed by atoms with Crippen molar-refractivity contribution in [3.8, 4) is 11.3 Å². The van der Waals surface area contributed by atoms with Crippen LogP contribution in [-0.4, -0.2) is 28.3 Å². The monoisotopic (exact) mass is 326 g/mol. The summed E-state index contributed by atoms with van der Waals surface area (Å²) in [7, 11) is 0. The van der Waals surface area contributed by atoms with Crippen LogP contribution in [0.4, 0.5) is 5.69 Å². The summed E-state index contributed by atoms with van der Waals surface area (Å²) in [6.07, 6.45) is 6.22. The largest absolute Gasteiger partial charge is 0.370 e. The van der Waals surface area contributed by atoms with E-state index in [0.29, 0.717) is 0 Å². The highest BCUT2D eigenvalue weighted by atomic mass is 15.2. The third-order valence-corrected chi connectivity index (χ3v) is 5.00. The Bertz CT molecular complexity index is 1050. The summed E-state index contributed by atoms with van der Waals surface area (Å²) in [6, 6.07) is 16.8. The van der Waals surface area contributed by atoms with Crippen LogP contribution in [0.5, 0.6) is 0 Å². The molecule has 5 rings (SSSR count). The van der Waals surface area contributed by atoms with Crippen molar-refractivity contribution in [1.29, 1.82) is 0 Å². The van der Waals surface area contributed by atoms with Crippen LogP contribution in [0.25, 0.3) is 32.9 Å². The predicted molar refractivity (Wildman–Crippen MR) is 102 cm³/mol. The van der Waals surface area contributed by atoms with E-state index in [9.17, 15) is 0 Å². The molecule has 1 aliphatic heterocycles. The number of anilines is 1. The van der Waals surface area contributed by atoms with Gasteiger partial charge in [0.05, 0.1) is 17.6 Å². The Morgan fingerprint density at radius 3 is 2.56 bits per heavy atom. The van der Waals surface area contributed by atoms with E-state index in [0.717, 1.165) is 40.6 Å². The maximum absolute atomic E-state index is 4.69. The maximum atomic E-state index is 4.69. The van der Waals surface area contributed by atoms with Gasteiger partial charge in [-0.15, -0.1) is 5.10 Å². The van der Waals surface area contributed by atoms with Crippen molar-refractivity contribution in [2.75, 3.05) is 18.0 Å². The molecule has 1 aliphatic rings. The molecule has 3 heterocycles. The first-order chi connectivity index (χ1) is 12.4. The summed E-state index contributed by atoms with van der Waals surface area (Å²) in [6.45, 7) is 2.18. The van der Waals surface area contributed by atoms with Gasteiger partial charge in [-0.05, 0) is 36.4 Å². The van der Waals surface area contributed by atoms with Gasteiger partial charge in [0.2, 0.25) is 0 Å². The minimum atomic E-state index is 0.978. The minimum Gasteiger partial charge on any atom is -0.370 e.